The van der Waals surface area contributed by atoms with Crippen LogP contribution in [0.5, 0.6) is 0 Å². The molecule has 0 N–H and O–H groups in total. The quantitative estimate of drug-likeness (QED) is 0.469. The summed E-state index contributed by atoms with van der Waals surface area (Å²) in [4.78, 5) is 12.6. The van der Waals surface area contributed by atoms with Crippen LogP contribution in [0.25, 0.3) is 0 Å². The molecule has 1 heterocycles. The molecule has 0 aromatic heterocycles. The molecule has 0 unspecified atom stereocenters. The lowest BCUT2D eigenvalue weighted by Crippen LogP contribution is -2.17. The average molecular weight is 123 g/mol. The molecule has 0 saturated heterocycles. The molecule has 0 aliphatic carbocycles. The third-order valence-corrected chi connectivity index (χ3v) is 1.14. The second-order valence-electron chi connectivity index (χ2n) is 2.08. The molecule has 9 heavy (non-hydrogen) atoms. The molecule has 0 fully saturated rings. The molecule has 0 amide bonds. The standard InChI is InChI=1S/C7H9NO/c1-8-5-3-2-4-7(9)6-8/h2-5H,6H2,1H3. The van der Waals surface area contributed by atoms with Gasteiger partial charge < -0.3 is 4.90 Å². The summed E-state index contributed by atoms with van der Waals surface area (Å²) < 4.78 is 0. The van der Waals surface area contributed by atoms with Gasteiger partial charge in [0, 0.05) is 7.05 Å². The van der Waals surface area contributed by atoms with E-state index in [2.05, 4.69) is 0 Å². The normalized spacial score (nSPS) is 18.3. The Balaban J connectivity index is 2.64. The van der Waals surface area contributed by atoms with Crippen molar-refractivity contribution >= 4 is 5.78 Å². The van der Waals surface area contributed by atoms with E-state index in [-0.39, 0.29) is 5.78 Å². The Kier molecular flexibility index (Phi) is 1.68. The fourth-order valence-electron chi connectivity index (χ4n) is 0.711. The minimum absolute atomic E-state index is 0.155. The van der Waals surface area contributed by atoms with Crippen LogP contribution < -0.4 is 0 Å². The van der Waals surface area contributed by atoms with Crippen molar-refractivity contribution in [2.75, 3.05) is 13.6 Å². The van der Waals surface area contributed by atoms with Crippen molar-refractivity contribution in [3.05, 3.63) is 24.4 Å². The number of carbonyl (C=O) groups is 1. The molecular formula is C7H9NO. The summed E-state index contributed by atoms with van der Waals surface area (Å²) in [6.45, 7) is 0.493. The molecule has 0 atom stereocenters. The molecule has 2 nitrogen and oxygen atoms in total. The minimum atomic E-state index is 0.155. The first kappa shape index (κ1) is 6.08. The first-order chi connectivity index (χ1) is 4.29. The van der Waals surface area contributed by atoms with Gasteiger partial charge in [-0.1, -0.05) is 6.08 Å². The average Bonchev–Trinajstić information content (AvgIpc) is 1.93. The Morgan fingerprint density at radius 1 is 1.56 bits per heavy atom. The predicted octanol–water partition coefficient (Wildman–Crippen LogP) is 0.571. The van der Waals surface area contributed by atoms with E-state index in [1.807, 2.05) is 24.2 Å². The van der Waals surface area contributed by atoms with Gasteiger partial charge in [0.25, 0.3) is 0 Å². The van der Waals surface area contributed by atoms with Gasteiger partial charge in [-0.2, -0.15) is 0 Å². The van der Waals surface area contributed by atoms with E-state index in [0.29, 0.717) is 6.54 Å². The second kappa shape index (κ2) is 2.49. The maximum atomic E-state index is 10.7. The van der Waals surface area contributed by atoms with Gasteiger partial charge in [0.2, 0.25) is 0 Å². The lowest BCUT2D eigenvalue weighted by molar-refractivity contribution is -0.114. The number of nitrogens with zero attached hydrogens (tertiary/aromatic N) is 1. The van der Waals surface area contributed by atoms with Crippen molar-refractivity contribution in [2.45, 2.75) is 0 Å². The van der Waals surface area contributed by atoms with Crippen LogP contribution in [0.4, 0.5) is 0 Å². The van der Waals surface area contributed by atoms with E-state index in [9.17, 15) is 4.79 Å². The van der Waals surface area contributed by atoms with Crippen LogP contribution >= 0.6 is 0 Å². The monoisotopic (exact) mass is 123 g/mol. The van der Waals surface area contributed by atoms with Crippen LogP contribution in [-0.2, 0) is 4.79 Å². The largest absolute Gasteiger partial charge is 0.373 e. The zero-order chi connectivity index (χ0) is 6.69. The molecule has 0 radical (unpaired) electrons. The fourth-order valence-corrected chi connectivity index (χ4v) is 0.711. The molecule has 2 heteroatoms. The van der Waals surface area contributed by atoms with Crippen molar-refractivity contribution in [3.63, 3.8) is 0 Å². The molecular weight excluding hydrogens is 114 g/mol. The van der Waals surface area contributed by atoms with E-state index in [1.54, 1.807) is 12.2 Å². The Bertz CT molecular complexity index is 170. The summed E-state index contributed by atoms with van der Waals surface area (Å²) in [6.07, 6.45) is 7.07. The highest BCUT2D eigenvalue weighted by Gasteiger charge is 1.99. The Hall–Kier alpha value is -1.05. The molecule has 0 saturated carbocycles. The van der Waals surface area contributed by atoms with E-state index in [4.69, 9.17) is 0 Å². The van der Waals surface area contributed by atoms with Crippen molar-refractivity contribution < 1.29 is 4.79 Å². The van der Waals surface area contributed by atoms with Gasteiger partial charge in [-0.3, -0.25) is 4.79 Å². The molecule has 1 aliphatic heterocycles. The third-order valence-electron chi connectivity index (χ3n) is 1.14. The Morgan fingerprint density at radius 2 is 2.33 bits per heavy atom. The van der Waals surface area contributed by atoms with Gasteiger partial charge in [-0.05, 0) is 18.4 Å². The van der Waals surface area contributed by atoms with E-state index in [0.717, 1.165) is 0 Å². The van der Waals surface area contributed by atoms with Gasteiger partial charge in [0.05, 0.1) is 6.54 Å². The number of allylic oxidation sites excluding steroid dienone is 2. The Labute approximate surface area is 54.5 Å². The summed E-state index contributed by atoms with van der Waals surface area (Å²) >= 11 is 0. The van der Waals surface area contributed by atoms with Crippen LogP contribution in [0.3, 0.4) is 0 Å². The van der Waals surface area contributed by atoms with Gasteiger partial charge in [0.1, 0.15) is 0 Å². The second-order valence-corrected chi connectivity index (χ2v) is 2.08. The van der Waals surface area contributed by atoms with E-state index < -0.39 is 0 Å². The predicted molar refractivity (Wildman–Crippen MR) is 35.9 cm³/mol. The fraction of sp³-hybridized carbons (Fsp3) is 0.286. The van der Waals surface area contributed by atoms with Gasteiger partial charge >= 0.3 is 0 Å². The zero-order valence-corrected chi connectivity index (χ0v) is 5.37. The molecule has 48 valence electrons. The molecule has 0 aromatic carbocycles. The number of ketones is 1. The highest BCUT2D eigenvalue weighted by atomic mass is 16.1. The van der Waals surface area contributed by atoms with Crippen molar-refractivity contribution in [2.24, 2.45) is 0 Å². The first-order valence-corrected chi connectivity index (χ1v) is 2.87. The number of rotatable bonds is 0. The summed E-state index contributed by atoms with van der Waals surface area (Å²) in [7, 11) is 1.88. The molecule has 0 aromatic rings. The van der Waals surface area contributed by atoms with Gasteiger partial charge in [-0.25, -0.2) is 0 Å². The van der Waals surface area contributed by atoms with Crippen LogP contribution in [0.1, 0.15) is 0 Å². The maximum Gasteiger partial charge on any atom is 0.174 e. The summed E-state index contributed by atoms with van der Waals surface area (Å²) in [5.41, 5.74) is 0. The van der Waals surface area contributed by atoms with Gasteiger partial charge in [-0.15, -0.1) is 0 Å². The lowest BCUT2D eigenvalue weighted by Gasteiger charge is -2.07. The number of likely N-dealkylation sites (N-methyl/N-ethyl adjacent to an activating group) is 1. The molecule has 1 rings (SSSR count). The van der Waals surface area contributed by atoms with E-state index >= 15 is 0 Å². The number of hydrogen-bond donors (Lipinski definition) is 0. The summed E-state index contributed by atoms with van der Waals surface area (Å²) in [6, 6.07) is 0. The smallest absolute Gasteiger partial charge is 0.174 e. The lowest BCUT2D eigenvalue weighted by atomic mass is 10.3. The highest BCUT2D eigenvalue weighted by molar-refractivity contribution is 5.91. The third kappa shape index (κ3) is 1.72. The molecule has 1 aliphatic rings. The molecule has 0 spiro atoms. The summed E-state index contributed by atoms with van der Waals surface area (Å²) in [5.74, 6) is 0.155. The van der Waals surface area contributed by atoms with Gasteiger partial charge in [0.15, 0.2) is 5.78 Å². The topological polar surface area (TPSA) is 20.3 Å². The van der Waals surface area contributed by atoms with Crippen molar-refractivity contribution in [1.29, 1.82) is 0 Å². The van der Waals surface area contributed by atoms with Crippen molar-refractivity contribution in [1.82, 2.24) is 4.90 Å². The maximum absolute atomic E-state index is 10.7. The van der Waals surface area contributed by atoms with Crippen LogP contribution in [0.15, 0.2) is 24.4 Å². The SMILES string of the molecule is CN1C=CC=CC(=O)C1. The highest BCUT2D eigenvalue weighted by Crippen LogP contribution is 1.92. The van der Waals surface area contributed by atoms with Crippen LogP contribution in [0.2, 0.25) is 0 Å². The number of hydrogen-bond acceptors (Lipinski definition) is 2. The zero-order valence-electron chi connectivity index (χ0n) is 5.37. The van der Waals surface area contributed by atoms with Crippen LogP contribution in [0, 0.1) is 0 Å². The number of carbonyl (C=O) groups excluding carboxylic acids is 1. The molecule has 0 bridgehead atoms. The minimum Gasteiger partial charge on any atom is -0.373 e. The summed E-state index contributed by atoms with van der Waals surface area (Å²) in [5, 5.41) is 0. The first-order valence-electron chi connectivity index (χ1n) is 2.87. The van der Waals surface area contributed by atoms with Crippen molar-refractivity contribution in [3.8, 4) is 0 Å². The Morgan fingerprint density at radius 3 is 3.11 bits per heavy atom. The van der Waals surface area contributed by atoms with E-state index in [1.165, 1.54) is 0 Å². The van der Waals surface area contributed by atoms with Crippen LogP contribution in [-0.4, -0.2) is 24.3 Å².